The molecule has 88 valence electrons. The lowest BCUT2D eigenvalue weighted by molar-refractivity contribution is 0.342. The van der Waals surface area contributed by atoms with Crippen LogP contribution in [0.2, 0.25) is 0 Å². The van der Waals surface area contributed by atoms with Crippen LogP contribution in [0.15, 0.2) is 24.3 Å². The van der Waals surface area contributed by atoms with Gasteiger partial charge in [-0.25, -0.2) is 0 Å². The number of nitrogens with one attached hydrogen (secondary N) is 1. The van der Waals surface area contributed by atoms with Crippen molar-refractivity contribution < 1.29 is 0 Å². The Hall–Kier alpha value is -1.02. The van der Waals surface area contributed by atoms with Gasteiger partial charge in [0, 0.05) is 12.2 Å². The molecule has 0 unspecified atom stereocenters. The summed E-state index contributed by atoms with van der Waals surface area (Å²) in [5.41, 5.74) is 7.82. The third-order valence-corrected chi connectivity index (χ3v) is 3.47. The maximum absolute atomic E-state index is 5.65. The number of rotatable bonds is 4. The molecule has 0 bridgehead atoms. The number of anilines is 1. The zero-order valence-corrected chi connectivity index (χ0v) is 9.91. The second-order valence-electron chi connectivity index (χ2n) is 4.88. The van der Waals surface area contributed by atoms with Crippen LogP contribution in [0, 0.1) is 5.92 Å². The molecular formula is C14H22N2. The van der Waals surface area contributed by atoms with Gasteiger partial charge in [-0.1, -0.05) is 31.4 Å². The zero-order valence-electron chi connectivity index (χ0n) is 9.91. The molecule has 0 saturated heterocycles. The van der Waals surface area contributed by atoms with E-state index in [4.69, 9.17) is 5.73 Å². The molecule has 0 amide bonds. The van der Waals surface area contributed by atoms with E-state index in [1.807, 2.05) is 12.1 Å². The third-order valence-electron chi connectivity index (χ3n) is 3.47. The highest BCUT2D eigenvalue weighted by Crippen LogP contribution is 2.22. The first-order valence-corrected chi connectivity index (χ1v) is 6.40. The summed E-state index contributed by atoms with van der Waals surface area (Å²) >= 11 is 0. The Morgan fingerprint density at radius 1 is 1.06 bits per heavy atom. The van der Waals surface area contributed by atoms with Crippen LogP contribution in [0.5, 0.6) is 0 Å². The summed E-state index contributed by atoms with van der Waals surface area (Å²) < 4.78 is 0. The predicted molar refractivity (Wildman–Crippen MR) is 69.1 cm³/mol. The van der Waals surface area contributed by atoms with Crippen molar-refractivity contribution in [3.8, 4) is 0 Å². The average Bonchev–Trinajstić information content (AvgIpc) is 2.33. The molecule has 2 heteroatoms. The van der Waals surface area contributed by atoms with Gasteiger partial charge in [-0.3, -0.25) is 0 Å². The highest BCUT2D eigenvalue weighted by Gasteiger charge is 2.12. The normalized spacial score (nSPS) is 17.5. The molecule has 0 spiro atoms. The van der Waals surface area contributed by atoms with E-state index in [-0.39, 0.29) is 0 Å². The maximum Gasteiger partial charge on any atom is 0.0314 e. The SMILES string of the molecule is Nc1ccc(CNCC2CCCCC2)cc1. The molecule has 2 nitrogen and oxygen atoms in total. The first kappa shape index (κ1) is 11.5. The Kier molecular flexibility index (Phi) is 4.23. The molecule has 2 rings (SSSR count). The summed E-state index contributed by atoms with van der Waals surface area (Å²) in [6.07, 6.45) is 7.11. The molecule has 16 heavy (non-hydrogen) atoms. The standard InChI is InChI=1S/C14H22N2/c15-14-8-6-13(7-9-14)11-16-10-12-4-2-1-3-5-12/h6-9,12,16H,1-5,10-11,15H2. The minimum absolute atomic E-state index is 0.844. The van der Waals surface area contributed by atoms with Gasteiger partial charge in [0.2, 0.25) is 0 Å². The highest BCUT2D eigenvalue weighted by molar-refractivity contribution is 5.39. The Bertz CT molecular complexity index is 299. The van der Waals surface area contributed by atoms with Crippen LogP contribution in [-0.2, 0) is 6.54 Å². The van der Waals surface area contributed by atoms with Crippen molar-refractivity contribution in [1.82, 2.24) is 5.32 Å². The van der Waals surface area contributed by atoms with E-state index < -0.39 is 0 Å². The van der Waals surface area contributed by atoms with E-state index in [0.717, 1.165) is 18.2 Å². The minimum Gasteiger partial charge on any atom is -0.399 e. The van der Waals surface area contributed by atoms with Crippen LogP contribution in [0.1, 0.15) is 37.7 Å². The Labute approximate surface area is 98.2 Å². The number of nitrogens with two attached hydrogens (primary N) is 1. The van der Waals surface area contributed by atoms with Crippen molar-refractivity contribution >= 4 is 5.69 Å². The van der Waals surface area contributed by atoms with E-state index in [2.05, 4.69) is 17.4 Å². The summed E-state index contributed by atoms with van der Waals surface area (Å²) in [5, 5.41) is 3.55. The van der Waals surface area contributed by atoms with Crippen molar-refractivity contribution in [2.24, 2.45) is 5.92 Å². The van der Waals surface area contributed by atoms with Gasteiger partial charge in [0.1, 0.15) is 0 Å². The van der Waals surface area contributed by atoms with E-state index in [0.29, 0.717) is 0 Å². The number of nitrogen functional groups attached to an aromatic ring is 1. The average molecular weight is 218 g/mol. The van der Waals surface area contributed by atoms with Crippen molar-refractivity contribution in [2.75, 3.05) is 12.3 Å². The first-order chi connectivity index (χ1) is 7.84. The van der Waals surface area contributed by atoms with Gasteiger partial charge in [-0.05, 0) is 43.0 Å². The fourth-order valence-corrected chi connectivity index (χ4v) is 2.45. The lowest BCUT2D eigenvalue weighted by atomic mass is 9.89. The molecular weight excluding hydrogens is 196 g/mol. The summed E-state index contributed by atoms with van der Waals surface area (Å²) in [7, 11) is 0. The van der Waals surface area contributed by atoms with Crippen LogP contribution in [0.25, 0.3) is 0 Å². The lowest BCUT2D eigenvalue weighted by Crippen LogP contribution is -2.24. The summed E-state index contributed by atoms with van der Waals surface area (Å²) in [5.74, 6) is 0.905. The molecule has 0 aromatic heterocycles. The second kappa shape index (κ2) is 5.90. The first-order valence-electron chi connectivity index (χ1n) is 6.40. The number of benzene rings is 1. The molecule has 1 aromatic carbocycles. The van der Waals surface area contributed by atoms with Crippen molar-refractivity contribution in [2.45, 2.75) is 38.6 Å². The molecule has 1 fully saturated rings. The summed E-state index contributed by atoms with van der Waals surface area (Å²) in [4.78, 5) is 0. The molecule has 0 radical (unpaired) electrons. The molecule has 1 aromatic rings. The molecule has 1 saturated carbocycles. The predicted octanol–water partition coefficient (Wildman–Crippen LogP) is 2.94. The van der Waals surface area contributed by atoms with Gasteiger partial charge in [-0.2, -0.15) is 0 Å². The van der Waals surface area contributed by atoms with Gasteiger partial charge >= 0.3 is 0 Å². The maximum atomic E-state index is 5.65. The van der Waals surface area contributed by atoms with Crippen molar-refractivity contribution in [3.05, 3.63) is 29.8 Å². The Morgan fingerprint density at radius 3 is 2.44 bits per heavy atom. The minimum atomic E-state index is 0.844. The zero-order chi connectivity index (χ0) is 11.2. The van der Waals surface area contributed by atoms with E-state index in [9.17, 15) is 0 Å². The van der Waals surface area contributed by atoms with E-state index in [1.54, 1.807) is 0 Å². The van der Waals surface area contributed by atoms with E-state index >= 15 is 0 Å². The van der Waals surface area contributed by atoms with Crippen LogP contribution < -0.4 is 11.1 Å². The second-order valence-corrected chi connectivity index (χ2v) is 4.88. The number of hydrogen-bond donors (Lipinski definition) is 2. The summed E-state index contributed by atoms with van der Waals surface area (Å²) in [6, 6.07) is 8.14. The monoisotopic (exact) mass is 218 g/mol. The van der Waals surface area contributed by atoms with Crippen molar-refractivity contribution in [1.29, 1.82) is 0 Å². The summed E-state index contributed by atoms with van der Waals surface area (Å²) in [6.45, 7) is 2.14. The largest absolute Gasteiger partial charge is 0.399 e. The number of hydrogen-bond acceptors (Lipinski definition) is 2. The fourth-order valence-electron chi connectivity index (χ4n) is 2.45. The van der Waals surface area contributed by atoms with E-state index in [1.165, 1.54) is 44.2 Å². The fraction of sp³-hybridized carbons (Fsp3) is 0.571. The molecule has 0 heterocycles. The third kappa shape index (κ3) is 3.53. The Morgan fingerprint density at radius 2 is 1.75 bits per heavy atom. The lowest BCUT2D eigenvalue weighted by Gasteiger charge is -2.21. The topological polar surface area (TPSA) is 38.0 Å². The Balaban J connectivity index is 1.69. The van der Waals surface area contributed by atoms with Crippen LogP contribution in [0.3, 0.4) is 0 Å². The van der Waals surface area contributed by atoms with Crippen LogP contribution in [-0.4, -0.2) is 6.54 Å². The van der Waals surface area contributed by atoms with Gasteiger partial charge < -0.3 is 11.1 Å². The molecule has 0 atom stereocenters. The van der Waals surface area contributed by atoms with Crippen LogP contribution in [0.4, 0.5) is 5.69 Å². The quantitative estimate of drug-likeness (QED) is 0.763. The van der Waals surface area contributed by atoms with Gasteiger partial charge in [0.05, 0.1) is 0 Å². The van der Waals surface area contributed by atoms with Gasteiger partial charge in [0.25, 0.3) is 0 Å². The van der Waals surface area contributed by atoms with Gasteiger partial charge in [0.15, 0.2) is 0 Å². The molecule has 3 N–H and O–H groups in total. The molecule has 1 aliphatic carbocycles. The van der Waals surface area contributed by atoms with Crippen LogP contribution >= 0.6 is 0 Å². The molecule has 0 aliphatic heterocycles. The molecule has 1 aliphatic rings. The highest BCUT2D eigenvalue weighted by atomic mass is 14.9. The smallest absolute Gasteiger partial charge is 0.0314 e. The van der Waals surface area contributed by atoms with Crippen molar-refractivity contribution in [3.63, 3.8) is 0 Å². The van der Waals surface area contributed by atoms with Gasteiger partial charge in [-0.15, -0.1) is 0 Å².